The Kier molecular flexibility index (Phi) is 6.01. The molecular formula is C21H25FN2O2. The van der Waals surface area contributed by atoms with Crippen LogP contribution in [-0.2, 0) is 4.74 Å². The molecule has 4 nitrogen and oxygen atoms in total. The zero-order valence-electron chi connectivity index (χ0n) is 15.3. The van der Waals surface area contributed by atoms with Gasteiger partial charge in [0.05, 0.1) is 19.3 Å². The molecule has 138 valence electrons. The number of morpholine rings is 1. The summed E-state index contributed by atoms with van der Waals surface area (Å²) >= 11 is 0. The van der Waals surface area contributed by atoms with Crippen LogP contribution in [0.5, 0.6) is 0 Å². The van der Waals surface area contributed by atoms with E-state index in [1.54, 1.807) is 6.07 Å². The van der Waals surface area contributed by atoms with Crippen molar-refractivity contribution < 1.29 is 13.9 Å². The zero-order valence-corrected chi connectivity index (χ0v) is 15.3. The van der Waals surface area contributed by atoms with Crippen LogP contribution < -0.4 is 5.32 Å². The number of hydrogen-bond donors (Lipinski definition) is 1. The maximum atomic E-state index is 13.5. The maximum absolute atomic E-state index is 13.5. The number of hydrogen-bond acceptors (Lipinski definition) is 3. The van der Waals surface area contributed by atoms with E-state index in [1.165, 1.54) is 23.3 Å². The number of rotatable bonds is 5. The average molecular weight is 356 g/mol. The van der Waals surface area contributed by atoms with E-state index in [2.05, 4.69) is 35.3 Å². The van der Waals surface area contributed by atoms with Gasteiger partial charge in [0, 0.05) is 25.2 Å². The Hall–Kier alpha value is -2.24. The van der Waals surface area contributed by atoms with Crippen molar-refractivity contribution in [3.05, 3.63) is 70.5 Å². The zero-order chi connectivity index (χ0) is 18.5. The van der Waals surface area contributed by atoms with E-state index >= 15 is 0 Å². The highest BCUT2D eigenvalue weighted by Gasteiger charge is 2.23. The molecule has 0 aliphatic carbocycles. The first kappa shape index (κ1) is 18.5. The number of nitrogens with one attached hydrogen (secondary N) is 1. The number of halogens is 1. The van der Waals surface area contributed by atoms with Crippen molar-refractivity contribution in [1.29, 1.82) is 0 Å². The van der Waals surface area contributed by atoms with Crippen molar-refractivity contribution in [3.63, 3.8) is 0 Å². The van der Waals surface area contributed by atoms with Gasteiger partial charge in [0.15, 0.2) is 0 Å². The molecule has 1 aliphatic heterocycles. The third-order valence-corrected chi connectivity index (χ3v) is 4.81. The molecule has 1 saturated heterocycles. The van der Waals surface area contributed by atoms with Gasteiger partial charge in [-0.2, -0.15) is 0 Å². The quantitative estimate of drug-likeness (QED) is 0.894. The third kappa shape index (κ3) is 4.48. The van der Waals surface area contributed by atoms with Gasteiger partial charge < -0.3 is 10.1 Å². The van der Waals surface area contributed by atoms with Crippen LogP contribution in [0.1, 0.15) is 33.1 Å². The minimum absolute atomic E-state index is 0.0663. The predicted molar refractivity (Wildman–Crippen MR) is 99.8 cm³/mol. The molecule has 3 rings (SSSR count). The molecule has 0 saturated carbocycles. The summed E-state index contributed by atoms with van der Waals surface area (Å²) in [6.07, 6.45) is 0. The van der Waals surface area contributed by atoms with Crippen LogP contribution in [0, 0.1) is 19.7 Å². The van der Waals surface area contributed by atoms with Crippen LogP contribution in [0.15, 0.2) is 42.5 Å². The Labute approximate surface area is 154 Å². The minimum Gasteiger partial charge on any atom is -0.379 e. The molecule has 2 aromatic rings. The highest BCUT2D eigenvalue weighted by atomic mass is 19.1. The van der Waals surface area contributed by atoms with E-state index in [4.69, 9.17) is 4.74 Å². The van der Waals surface area contributed by atoms with E-state index in [9.17, 15) is 9.18 Å². The van der Waals surface area contributed by atoms with Crippen molar-refractivity contribution >= 4 is 5.91 Å². The highest BCUT2D eigenvalue weighted by Crippen LogP contribution is 2.22. The summed E-state index contributed by atoms with van der Waals surface area (Å²) in [6, 6.07) is 12.7. The van der Waals surface area contributed by atoms with Crippen LogP contribution in [0.3, 0.4) is 0 Å². The van der Waals surface area contributed by atoms with Crippen molar-refractivity contribution in [2.24, 2.45) is 0 Å². The van der Waals surface area contributed by atoms with Crippen molar-refractivity contribution in [1.82, 2.24) is 10.2 Å². The first-order chi connectivity index (χ1) is 12.5. The van der Waals surface area contributed by atoms with Gasteiger partial charge >= 0.3 is 0 Å². The molecule has 5 heteroatoms. The van der Waals surface area contributed by atoms with E-state index in [1.807, 2.05) is 13.0 Å². The van der Waals surface area contributed by atoms with Gasteiger partial charge in [0.1, 0.15) is 5.82 Å². The first-order valence-corrected chi connectivity index (χ1v) is 8.97. The molecule has 1 aliphatic rings. The minimum atomic E-state index is -0.399. The number of carbonyl (C=O) groups excluding carboxylic acids is 1. The Balaban J connectivity index is 1.77. The van der Waals surface area contributed by atoms with Gasteiger partial charge in [0.2, 0.25) is 0 Å². The number of benzene rings is 2. The fraction of sp³-hybridized carbons (Fsp3) is 0.381. The molecule has 0 radical (unpaired) electrons. The van der Waals surface area contributed by atoms with Gasteiger partial charge in [0.25, 0.3) is 5.91 Å². The normalized spacial score (nSPS) is 16.3. The SMILES string of the molecule is Cc1cccc(C(CNC(=O)c2cc(F)ccc2C)N2CCOCC2)c1. The summed E-state index contributed by atoms with van der Waals surface area (Å²) < 4.78 is 19.0. The first-order valence-electron chi connectivity index (χ1n) is 8.97. The standard InChI is InChI=1S/C21H25FN2O2/c1-15-4-3-5-17(12-15)20(24-8-10-26-11-9-24)14-23-21(25)19-13-18(22)7-6-16(19)2/h3-7,12-13,20H,8-11,14H2,1-2H3,(H,23,25). The van der Waals surface area contributed by atoms with Gasteiger partial charge in [-0.1, -0.05) is 35.9 Å². The number of nitrogens with zero attached hydrogens (tertiary/aromatic N) is 1. The number of aryl methyl sites for hydroxylation is 2. The summed E-state index contributed by atoms with van der Waals surface area (Å²) in [4.78, 5) is 14.9. The molecule has 26 heavy (non-hydrogen) atoms. The van der Waals surface area contributed by atoms with Crippen LogP contribution in [0.4, 0.5) is 4.39 Å². The van der Waals surface area contributed by atoms with Crippen molar-refractivity contribution in [2.45, 2.75) is 19.9 Å². The largest absolute Gasteiger partial charge is 0.379 e. The molecule has 0 bridgehead atoms. The number of amides is 1. The molecule has 0 spiro atoms. The number of ether oxygens (including phenoxy) is 1. The van der Waals surface area contributed by atoms with Crippen LogP contribution in [0.2, 0.25) is 0 Å². The molecular weight excluding hydrogens is 331 g/mol. The Bertz CT molecular complexity index is 772. The maximum Gasteiger partial charge on any atom is 0.251 e. The van der Waals surface area contributed by atoms with Gasteiger partial charge in [-0.15, -0.1) is 0 Å². The molecule has 1 heterocycles. The predicted octanol–water partition coefficient (Wildman–Crippen LogP) is 3.25. The summed E-state index contributed by atoms with van der Waals surface area (Å²) in [7, 11) is 0. The number of carbonyl (C=O) groups is 1. The molecule has 1 unspecified atom stereocenters. The second kappa shape index (κ2) is 8.43. The van der Waals surface area contributed by atoms with Gasteiger partial charge in [-0.3, -0.25) is 9.69 Å². The smallest absolute Gasteiger partial charge is 0.251 e. The van der Waals surface area contributed by atoms with Crippen LogP contribution in [-0.4, -0.2) is 43.7 Å². The molecule has 1 N–H and O–H groups in total. The Morgan fingerprint density at radius 2 is 1.96 bits per heavy atom. The van der Waals surface area contributed by atoms with E-state index < -0.39 is 5.82 Å². The van der Waals surface area contributed by atoms with Gasteiger partial charge in [-0.25, -0.2) is 4.39 Å². The lowest BCUT2D eigenvalue weighted by molar-refractivity contribution is 0.0162. The summed E-state index contributed by atoms with van der Waals surface area (Å²) in [6.45, 7) is 7.39. The van der Waals surface area contributed by atoms with E-state index in [-0.39, 0.29) is 11.9 Å². The lowest BCUT2D eigenvalue weighted by Crippen LogP contribution is -2.44. The molecule has 0 aromatic heterocycles. The topological polar surface area (TPSA) is 41.6 Å². The second-order valence-corrected chi connectivity index (χ2v) is 6.75. The lowest BCUT2D eigenvalue weighted by Gasteiger charge is -2.35. The molecule has 1 atom stereocenters. The second-order valence-electron chi connectivity index (χ2n) is 6.75. The van der Waals surface area contributed by atoms with E-state index in [0.717, 1.165) is 18.7 Å². The Morgan fingerprint density at radius 1 is 1.19 bits per heavy atom. The van der Waals surface area contributed by atoms with Crippen molar-refractivity contribution in [2.75, 3.05) is 32.8 Å². The lowest BCUT2D eigenvalue weighted by atomic mass is 10.0. The molecule has 1 amide bonds. The summed E-state index contributed by atoms with van der Waals surface area (Å²) in [5.41, 5.74) is 3.51. The summed E-state index contributed by atoms with van der Waals surface area (Å²) in [5.74, 6) is -0.642. The molecule has 1 fully saturated rings. The fourth-order valence-electron chi connectivity index (χ4n) is 3.35. The van der Waals surface area contributed by atoms with Crippen LogP contribution >= 0.6 is 0 Å². The van der Waals surface area contributed by atoms with Crippen LogP contribution in [0.25, 0.3) is 0 Å². The fourth-order valence-corrected chi connectivity index (χ4v) is 3.35. The third-order valence-electron chi connectivity index (χ3n) is 4.81. The Morgan fingerprint density at radius 3 is 2.69 bits per heavy atom. The van der Waals surface area contributed by atoms with E-state index in [0.29, 0.717) is 25.3 Å². The average Bonchev–Trinajstić information content (AvgIpc) is 2.65. The monoisotopic (exact) mass is 356 g/mol. The highest BCUT2D eigenvalue weighted by molar-refractivity contribution is 5.95. The van der Waals surface area contributed by atoms with Crippen molar-refractivity contribution in [3.8, 4) is 0 Å². The summed E-state index contributed by atoms with van der Waals surface area (Å²) in [5, 5.41) is 2.99. The molecule has 2 aromatic carbocycles. The van der Waals surface area contributed by atoms with Gasteiger partial charge in [-0.05, 0) is 37.1 Å².